The molecule has 3 fully saturated rings. The molecule has 2 amide bonds. The SMILES string of the molecule is Cc1noc(C)c1S(=O)(=O)C1(c2cc(N3CCOC[C@@H]3C)nc(-c3ccc(NC(=O)NC4CC4)cc3)n2)CC1. The number of aromatic nitrogens is 3. The van der Waals surface area contributed by atoms with E-state index in [0.717, 1.165) is 18.4 Å². The molecule has 1 atom stereocenters. The number of morpholine rings is 1. The minimum absolute atomic E-state index is 0.0697. The first-order chi connectivity index (χ1) is 18.7. The van der Waals surface area contributed by atoms with Crippen molar-refractivity contribution < 1.29 is 22.5 Å². The molecule has 2 N–H and O–H groups in total. The molecular weight excluding hydrogens is 520 g/mol. The van der Waals surface area contributed by atoms with Gasteiger partial charge in [-0.25, -0.2) is 23.2 Å². The Balaban J connectivity index is 1.39. The van der Waals surface area contributed by atoms with Crippen molar-refractivity contribution in [2.75, 3.05) is 30.0 Å². The lowest BCUT2D eigenvalue weighted by Gasteiger charge is -2.34. The van der Waals surface area contributed by atoms with Gasteiger partial charge in [-0.2, -0.15) is 0 Å². The third-order valence-corrected chi connectivity index (χ3v) is 10.4. The third-order valence-electron chi connectivity index (χ3n) is 7.61. The molecule has 2 aliphatic carbocycles. The van der Waals surface area contributed by atoms with Crippen LogP contribution in [-0.4, -0.2) is 61.4 Å². The minimum Gasteiger partial charge on any atom is -0.377 e. The van der Waals surface area contributed by atoms with Crippen LogP contribution in [0.2, 0.25) is 0 Å². The Morgan fingerprint density at radius 1 is 1.13 bits per heavy atom. The maximum Gasteiger partial charge on any atom is 0.319 e. The Morgan fingerprint density at radius 3 is 2.49 bits per heavy atom. The van der Waals surface area contributed by atoms with Gasteiger partial charge in [0.05, 0.1) is 30.6 Å². The predicted molar refractivity (Wildman–Crippen MR) is 144 cm³/mol. The van der Waals surface area contributed by atoms with Crippen LogP contribution in [0.5, 0.6) is 0 Å². The van der Waals surface area contributed by atoms with Crippen LogP contribution < -0.4 is 15.5 Å². The molecule has 11 nitrogen and oxygen atoms in total. The second-order valence-corrected chi connectivity index (χ2v) is 12.9. The van der Waals surface area contributed by atoms with E-state index in [1.54, 1.807) is 26.0 Å². The fourth-order valence-electron chi connectivity index (χ4n) is 5.12. The van der Waals surface area contributed by atoms with Gasteiger partial charge in [0.15, 0.2) is 21.4 Å². The molecule has 1 saturated heterocycles. The van der Waals surface area contributed by atoms with E-state index in [2.05, 4.69) is 27.6 Å². The summed E-state index contributed by atoms with van der Waals surface area (Å²) in [6, 6.07) is 9.17. The molecule has 3 heterocycles. The summed E-state index contributed by atoms with van der Waals surface area (Å²) in [6.45, 7) is 7.08. The number of nitrogens with zero attached hydrogens (tertiary/aromatic N) is 4. The van der Waals surface area contributed by atoms with Gasteiger partial charge >= 0.3 is 6.03 Å². The summed E-state index contributed by atoms with van der Waals surface area (Å²) in [4.78, 5) is 24.1. The number of nitrogens with one attached hydrogen (secondary N) is 2. The fourth-order valence-corrected chi connectivity index (χ4v) is 7.38. The summed E-state index contributed by atoms with van der Waals surface area (Å²) >= 11 is 0. The highest BCUT2D eigenvalue weighted by atomic mass is 32.2. The van der Waals surface area contributed by atoms with Crippen LogP contribution in [-0.2, 0) is 19.3 Å². The average Bonchev–Trinajstić information content (AvgIpc) is 3.84. The predicted octanol–water partition coefficient (Wildman–Crippen LogP) is 3.72. The zero-order valence-corrected chi connectivity index (χ0v) is 23.0. The summed E-state index contributed by atoms with van der Waals surface area (Å²) in [6.07, 6.45) is 2.93. The van der Waals surface area contributed by atoms with Gasteiger partial charge in [-0.3, -0.25) is 0 Å². The molecule has 0 unspecified atom stereocenters. The van der Waals surface area contributed by atoms with E-state index in [9.17, 15) is 13.2 Å². The van der Waals surface area contributed by atoms with Crippen molar-refractivity contribution in [1.29, 1.82) is 0 Å². The van der Waals surface area contributed by atoms with E-state index in [1.807, 2.05) is 18.2 Å². The Morgan fingerprint density at radius 2 is 1.87 bits per heavy atom. The molecule has 12 heteroatoms. The molecule has 2 saturated carbocycles. The van der Waals surface area contributed by atoms with Crippen LogP contribution in [0.3, 0.4) is 0 Å². The summed E-state index contributed by atoms with van der Waals surface area (Å²) in [5.41, 5.74) is 2.18. The van der Waals surface area contributed by atoms with E-state index in [-0.39, 0.29) is 28.8 Å². The summed E-state index contributed by atoms with van der Waals surface area (Å²) in [5, 5.41) is 9.64. The number of amides is 2. The largest absolute Gasteiger partial charge is 0.377 e. The highest BCUT2D eigenvalue weighted by Gasteiger charge is 2.59. The standard InChI is InChI=1S/C27H32N6O5S/c1-16-15-37-13-12-33(16)23-14-22(27(10-11-27)39(35,36)24-17(2)32-38-18(24)3)30-25(31-23)19-4-6-20(7-5-19)28-26(34)29-21-8-9-21/h4-7,14,16,21H,8-13,15H2,1-3H3,(H2,28,29,34)/t16-/m0/s1. The van der Waals surface area contributed by atoms with Crippen molar-refractivity contribution in [3.8, 4) is 11.4 Å². The lowest BCUT2D eigenvalue weighted by Crippen LogP contribution is -2.44. The van der Waals surface area contributed by atoms with Gasteiger partial charge in [-0.05, 0) is 70.7 Å². The molecule has 1 aliphatic heterocycles. The van der Waals surface area contributed by atoms with Crippen LogP contribution in [0.15, 0.2) is 39.8 Å². The molecule has 6 rings (SSSR count). The number of aryl methyl sites for hydroxylation is 2. The van der Waals surface area contributed by atoms with Crippen LogP contribution in [0.25, 0.3) is 11.4 Å². The molecule has 206 valence electrons. The summed E-state index contributed by atoms with van der Waals surface area (Å²) < 4.78 is 37.7. The van der Waals surface area contributed by atoms with Crippen molar-refractivity contribution in [3.63, 3.8) is 0 Å². The molecule has 0 spiro atoms. The zero-order valence-electron chi connectivity index (χ0n) is 22.2. The molecule has 1 aromatic carbocycles. The maximum absolute atomic E-state index is 14.0. The number of hydrogen-bond donors (Lipinski definition) is 2. The first-order valence-electron chi connectivity index (χ1n) is 13.3. The van der Waals surface area contributed by atoms with Gasteiger partial charge in [0.1, 0.15) is 15.5 Å². The fraction of sp³-hybridized carbons (Fsp3) is 0.481. The van der Waals surface area contributed by atoms with Gasteiger partial charge in [0.25, 0.3) is 0 Å². The first-order valence-corrected chi connectivity index (χ1v) is 14.8. The molecule has 0 radical (unpaired) electrons. The number of anilines is 2. The Kier molecular flexibility index (Phi) is 6.34. The van der Waals surface area contributed by atoms with E-state index in [4.69, 9.17) is 19.2 Å². The smallest absolute Gasteiger partial charge is 0.319 e. The molecule has 0 bridgehead atoms. The van der Waals surface area contributed by atoms with Crippen molar-refractivity contribution in [1.82, 2.24) is 20.4 Å². The Hall–Kier alpha value is -3.51. The van der Waals surface area contributed by atoms with Crippen molar-refractivity contribution in [3.05, 3.63) is 47.5 Å². The quantitative estimate of drug-likeness (QED) is 0.449. The van der Waals surface area contributed by atoms with Crippen LogP contribution in [0.4, 0.5) is 16.3 Å². The van der Waals surface area contributed by atoms with E-state index in [0.29, 0.717) is 61.3 Å². The second kappa shape index (κ2) is 9.60. The maximum atomic E-state index is 14.0. The topological polar surface area (TPSA) is 140 Å². The summed E-state index contributed by atoms with van der Waals surface area (Å²) in [5.74, 6) is 1.37. The first kappa shape index (κ1) is 25.8. The number of hydrogen-bond acceptors (Lipinski definition) is 9. The highest BCUT2D eigenvalue weighted by molar-refractivity contribution is 7.92. The second-order valence-electron chi connectivity index (χ2n) is 10.7. The van der Waals surface area contributed by atoms with Gasteiger partial charge in [-0.1, -0.05) is 5.16 Å². The normalized spacial score (nSPS) is 20.5. The molecule has 39 heavy (non-hydrogen) atoms. The molecular formula is C27H32N6O5S. The van der Waals surface area contributed by atoms with Crippen molar-refractivity contribution in [2.24, 2.45) is 0 Å². The number of urea groups is 1. The van der Waals surface area contributed by atoms with Crippen LogP contribution in [0, 0.1) is 13.8 Å². The number of benzene rings is 1. The highest BCUT2D eigenvalue weighted by Crippen LogP contribution is 2.56. The summed E-state index contributed by atoms with van der Waals surface area (Å²) in [7, 11) is -3.83. The van der Waals surface area contributed by atoms with E-state index in [1.165, 1.54) is 0 Å². The number of ether oxygens (including phenoxy) is 1. The monoisotopic (exact) mass is 552 g/mol. The van der Waals surface area contributed by atoms with E-state index >= 15 is 0 Å². The Labute approximate surface area is 227 Å². The van der Waals surface area contributed by atoms with E-state index < -0.39 is 14.6 Å². The van der Waals surface area contributed by atoms with Crippen molar-refractivity contribution in [2.45, 2.75) is 68.2 Å². The lowest BCUT2D eigenvalue weighted by molar-refractivity contribution is 0.0985. The molecule has 3 aliphatic rings. The van der Waals surface area contributed by atoms with Crippen LogP contribution >= 0.6 is 0 Å². The zero-order chi connectivity index (χ0) is 27.4. The third kappa shape index (κ3) is 4.76. The average molecular weight is 553 g/mol. The van der Waals surface area contributed by atoms with Crippen molar-refractivity contribution >= 4 is 27.4 Å². The lowest BCUT2D eigenvalue weighted by atomic mass is 10.1. The number of carbonyl (C=O) groups is 1. The van der Waals surface area contributed by atoms with Crippen LogP contribution in [0.1, 0.15) is 49.8 Å². The Bertz CT molecular complexity index is 1490. The molecule has 3 aromatic rings. The van der Waals surface area contributed by atoms with Gasteiger partial charge in [-0.15, -0.1) is 0 Å². The number of rotatable bonds is 7. The molecule has 2 aromatic heterocycles. The number of carbonyl (C=O) groups excluding carboxylic acids is 1. The van der Waals surface area contributed by atoms with Gasteiger partial charge in [0, 0.05) is 29.9 Å². The minimum atomic E-state index is -3.83. The van der Waals surface area contributed by atoms with Gasteiger partial charge < -0.3 is 24.8 Å². The number of sulfone groups is 1. The van der Waals surface area contributed by atoms with Gasteiger partial charge in [0.2, 0.25) is 0 Å².